The molecule has 7 heteroatoms. The highest BCUT2D eigenvalue weighted by Gasteiger charge is 2.22. The van der Waals surface area contributed by atoms with Crippen LogP contribution >= 0.6 is 11.3 Å². The molecule has 3 heterocycles. The van der Waals surface area contributed by atoms with E-state index in [1.165, 1.54) is 16.9 Å². The number of ether oxygens (including phenoxy) is 2. The molecule has 1 N–H and O–H groups in total. The van der Waals surface area contributed by atoms with Gasteiger partial charge in [-0.15, -0.1) is 11.3 Å². The first-order chi connectivity index (χ1) is 14.7. The van der Waals surface area contributed by atoms with E-state index >= 15 is 0 Å². The SMILES string of the molecule is Cc1nn(Cc2ccccc2)c2sc(C(=O)NC[C@@H]3COc4ccccc4O3)cc12. The van der Waals surface area contributed by atoms with Crippen molar-refractivity contribution in [2.24, 2.45) is 0 Å². The molecule has 0 unspecified atom stereocenters. The Morgan fingerprint density at radius 2 is 1.93 bits per heavy atom. The molecule has 152 valence electrons. The van der Waals surface area contributed by atoms with Gasteiger partial charge in [-0.3, -0.25) is 9.48 Å². The number of benzene rings is 2. The van der Waals surface area contributed by atoms with Crippen LogP contribution in [-0.2, 0) is 6.54 Å². The number of hydrogen-bond donors (Lipinski definition) is 1. The maximum atomic E-state index is 12.8. The summed E-state index contributed by atoms with van der Waals surface area (Å²) >= 11 is 1.46. The second-order valence-electron chi connectivity index (χ2n) is 7.27. The normalized spacial score (nSPS) is 15.3. The van der Waals surface area contributed by atoms with Crippen LogP contribution in [-0.4, -0.2) is 34.9 Å². The van der Waals surface area contributed by atoms with Gasteiger partial charge in [0.25, 0.3) is 5.91 Å². The largest absolute Gasteiger partial charge is 0.486 e. The van der Waals surface area contributed by atoms with Crippen LogP contribution in [0, 0.1) is 6.92 Å². The molecular formula is C23H21N3O3S. The molecule has 0 fully saturated rings. The fraction of sp³-hybridized carbons (Fsp3) is 0.217. The Morgan fingerprint density at radius 3 is 2.77 bits per heavy atom. The summed E-state index contributed by atoms with van der Waals surface area (Å²) in [6.45, 7) is 3.45. The van der Waals surface area contributed by atoms with Gasteiger partial charge in [-0.2, -0.15) is 5.10 Å². The minimum absolute atomic E-state index is 0.107. The van der Waals surface area contributed by atoms with Gasteiger partial charge in [-0.05, 0) is 30.7 Å². The number of para-hydroxylation sites is 2. The Bertz CT molecular complexity index is 1200. The summed E-state index contributed by atoms with van der Waals surface area (Å²) in [4.78, 5) is 14.4. The summed E-state index contributed by atoms with van der Waals surface area (Å²) < 4.78 is 13.6. The molecule has 1 amide bonds. The number of carbonyl (C=O) groups excluding carboxylic acids is 1. The van der Waals surface area contributed by atoms with Gasteiger partial charge in [0, 0.05) is 5.39 Å². The Kier molecular flexibility index (Phi) is 4.88. The van der Waals surface area contributed by atoms with E-state index in [2.05, 4.69) is 22.5 Å². The lowest BCUT2D eigenvalue weighted by atomic mass is 10.2. The molecule has 1 aliphatic heterocycles. The van der Waals surface area contributed by atoms with Gasteiger partial charge in [0.2, 0.25) is 0 Å². The number of nitrogens with zero attached hydrogens (tertiary/aromatic N) is 2. The van der Waals surface area contributed by atoms with Crippen molar-refractivity contribution >= 4 is 27.5 Å². The molecule has 2 aromatic carbocycles. The van der Waals surface area contributed by atoms with Crippen LogP contribution in [0.1, 0.15) is 20.9 Å². The van der Waals surface area contributed by atoms with E-state index in [-0.39, 0.29) is 12.0 Å². The molecular weight excluding hydrogens is 398 g/mol. The quantitative estimate of drug-likeness (QED) is 0.531. The summed E-state index contributed by atoms with van der Waals surface area (Å²) in [6, 6.07) is 19.7. The summed E-state index contributed by atoms with van der Waals surface area (Å²) in [7, 11) is 0. The van der Waals surface area contributed by atoms with Crippen molar-refractivity contribution < 1.29 is 14.3 Å². The maximum absolute atomic E-state index is 12.8. The second-order valence-corrected chi connectivity index (χ2v) is 8.30. The number of aromatic nitrogens is 2. The number of carbonyl (C=O) groups is 1. The highest BCUT2D eigenvalue weighted by molar-refractivity contribution is 7.20. The van der Waals surface area contributed by atoms with Crippen LogP contribution in [0.5, 0.6) is 11.5 Å². The highest BCUT2D eigenvalue weighted by Crippen LogP contribution is 2.31. The Morgan fingerprint density at radius 1 is 1.17 bits per heavy atom. The van der Waals surface area contributed by atoms with E-state index in [1.807, 2.05) is 60.1 Å². The van der Waals surface area contributed by atoms with E-state index < -0.39 is 0 Å². The van der Waals surface area contributed by atoms with Crippen LogP contribution in [0.2, 0.25) is 0 Å². The van der Waals surface area contributed by atoms with Crippen molar-refractivity contribution in [2.75, 3.05) is 13.2 Å². The minimum atomic E-state index is -0.214. The topological polar surface area (TPSA) is 65.4 Å². The molecule has 1 aliphatic rings. The lowest BCUT2D eigenvalue weighted by molar-refractivity contribution is 0.0791. The number of amides is 1. The fourth-order valence-electron chi connectivity index (χ4n) is 3.55. The van der Waals surface area contributed by atoms with Crippen LogP contribution in [0.3, 0.4) is 0 Å². The molecule has 5 rings (SSSR count). The van der Waals surface area contributed by atoms with Crippen LogP contribution in [0.4, 0.5) is 0 Å². The van der Waals surface area contributed by atoms with Gasteiger partial charge in [-0.25, -0.2) is 0 Å². The highest BCUT2D eigenvalue weighted by atomic mass is 32.1. The minimum Gasteiger partial charge on any atom is -0.486 e. The Labute approximate surface area is 178 Å². The van der Waals surface area contributed by atoms with Gasteiger partial charge in [-0.1, -0.05) is 42.5 Å². The standard InChI is InChI=1S/C23H21N3O3S/c1-15-18-11-21(30-23(18)26(25-15)13-16-7-3-2-4-8-16)22(27)24-12-17-14-28-19-9-5-6-10-20(19)29-17/h2-11,17H,12-14H2,1H3,(H,24,27)/t17-/m1/s1. The molecule has 6 nitrogen and oxygen atoms in total. The monoisotopic (exact) mass is 419 g/mol. The molecule has 4 aromatic rings. The summed E-state index contributed by atoms with van der Waals surface area (Å²) in [6.07, 6.45) is -0.214. The number of hydrogen-bond acceptors (Lipinski definition) is 5. The molecule has 0 aliphatic carbocycles. The molecule has 0 saturated heterocycles. The van der Waals surface area contributed by atoms with Crippen molar-refractivity contribution in [2.45, 2.75) is 19.6 Å². The van der Waals surface area contributed by atoms with Crippen molar-refractivity contribution in [3.05, 3.63) is 76.8 Å². The van der Waals surface area contributed by atoms with Crippen molar-refractivity contribution in [3.8, 4) is 11.5 Å². The van der Waals surface area contributed by atoms with Crippen LogP contribution in [0.15, 0.2) is 60.7 Å². The third-order valence-corrected chi connectivity index (χ3v) is 6.21. The Balaban J connectivity index is 1.28. The number of thiophene rings is 1. The van der Waals surface area contributed by atoms with Gasteiger partial charge < -0.3 is 14.8 Å². The molecule has 30 heavy (non-hydrogen) atoms. The third kappa shape index (κ3) is 3.64. The second kappa shape index (κ2) is 7.84. The first-order valence-corrected chi connectivity index (χ1v) is 10.7. The lowest BCUT2D eigenvalue weighted by Crippen LogP contribution is -2.40. The number of rotatable bonds is 5. The van der Waals surface area contributed by atoms with E-state index in [9.17, 15) is 4.79 Å². The van der Waals surface area contributed by atoms with Crippen molar-refractivity contribution in [3.63, 3.8) is 0 Å². The van der Waals surface area contributed by atoms with Crippen LogP contribution < -0.4 is 14.8 Å². The van der Waals surface area contributed by atoms with Gasteiger partial charge in [0.1, 0.15) is 17.5 Å². The van der Waals surface area contributed by atoms with E-state index in [0.717, 1.165) is 21.7 Å². The van der Waals surface area contributed by atoms with Gasteiger partial charge in [0.15, 0.2) is 11.5 Å². The summed E-state index contributed by atoms with van der Waals surface area (Å²) in [5, 5.41) is 8.64. The van der Waals surface area contributed by atoms with Crippen LogP contribution in [0.25, 0.3) is 10.2 Å². The first kappa shape index (κ1) is 18.7. The van der Waals surface area contributed by atoms with Crippen molar-refractivity contribution in [1.29, 1.82) is 0 Å². The van der Waals surface area contributed by atoms with E-state index in [1.54, 1.807) is 0 Å². The number of nitrogens with one attached hydrogen (secondary N) is 1. The molecule has 2 aromatic heterocycles. The van der Waals surface area contributed by atoms with Crippen molar-refractivity contribution in [1.82, 2.24) is 15.1 Å². The summed E-state index contributed by atoms with van der Waals surface area (Å²) in [5.41, 5.74) is 2.10. The van der Waals surface area contributed by atoms with E-state index in [4.69, 9.17) is 9.47 Å². The predicted molar refractivity (Wildman–Crippen MR) is 117 cm³/mol. The Hall–Kier alpha value is -3.32. The average Bonchev–Trinajstić information content (AvgIpc) is 3.34. The summed E-state index contributed by atoms with van der Waals surface area (Å²) in [5.74, 6) is 1.34. The smallest absolute Gasteiger partial charge is 0.261 e. The maximum Gasteiger partial charge on any atom is 0.261 e. The molecule has 0 radical (unpaired) electrons. The lowest BCUT2D eigenvalue weighted by Gasteiger charge is -2.26. The average molecular weight is 420 g/mol. The zero-order valence-electron chi connectivity index (χ0n) is 16.5. The van der Waals surface area contributed by atoms with Gasteiger partial charge >= 0.3 is 0 Å². The van der Waals surface area contributed by atoms with Gasteiger partial charge in [0.05, 0.1) is 23.7 Å². The zero-order valence-corrected chi connectivity index (χ0v) is 17.3. The molecule has 1 atom stereocenters. The molecule has 0 spiro atoms. The zero-order chi connectivity index (χ0) is 20.5. The first-order valence-electron chi connectivity index (χ1n) is 9.85. The molecule has 0 saturated carbocycles. The number of fused-ring (bicyclic) bond motifs is 2. The fourth-order valence-corrected chi connectivity index (χ4v) is 4.62. The predicted octanol–water partition coefficient (Wildman–Crippen LogP) is 4.02. The molecule has 0 bridgehead atoms. The number of aryl methyl sites for hydroxylation is 1. The van der Waals surface area contributed by atoms with E-state index in [0.29, 0.717) is 30.3 Å². The third-order valence-electron chi connectivity index (χ3n) is 5.06.